The van der Waals surface area contributed by atoms with Crippen molar-refractivity contribution in [3.05, 3.63) is 102 Å². The lowest BCUT2D eigenvalue weighted by Crippen LogP contribution is -2.22. The molecule has 0 aliphatic rings. The van der Waals surface area contributed by atoms with E-state index < -0.39 is 0 Å². The normalized spacial score (nSPS) is 10.9. The van der Waals surface area contributed by atoms with Crippen molar-refractivity contribution >= 4 is 35.6 Å². The van der Waals surface area contributed by atoms with Crippen molar-refractivity contribution in [2.24, 2.45) is 10.7 Å². The largest absolute Gasteiger partial charge is 0.372 e. The summed E-state index contributed by atoms with van der Waals surface area (Å²) in [4.78, 5) is 4.40. The molecule has 0 atom stereocenters. The zero-order valence-electron chi connectivity index (χ0n) is 15.0. The Balaban J connectivity index is 0.00000261. The van der Waals surface area contributed by atoms with E-state index in [4.69, 9.17) is 10.5 Å². The summed E-state index contributed by atoms with van der Waals surface area (Å²) in [7, 11) is 0. The lowest BCUT2D eigenvalue weighted by Gasteiger charge is -2.07. The molecule has 0 amide bonds. The van der Waals surface area contributed by atoms with Gasteiger partial charge in [0.15, 0.2) is 5.96 Å². The van der Waals surface area contributed by atoms with Gasteiger partial charge in [0.1, 0.15) is 0 Å². The van der Waals surface area contributed by atoms with Crippen molar-refractivity contribution in [3.63, 3.8) is 0 Å². The van der Waals surface area contributed by atoms with Gasteiger partial charge in [-0.25, -0.2) is 4.99 Å². The van der Waals surface area contributed by atoms with E-state index in [0.29, 0.717) is 25.7 Å². The first-order valence-corrected chi connectivity index (χ1v) is 8.61. The van der Waals surface area contributed by atoms with Crippen molar-refractivity contribution < 1.29 is 4.74 Å². The number of rotatable bonds is 7. The molecule has 0 spiro atoms. The number of nitrogens with two attached hydrogens (primary N) is 1. The number of para-hydroxylation sites is 1. The van der Waals surface area contributed by atoms with E-state index in [-0.39, 0.29) is 24.0 Å². The summed E-state index contributed by atoms with van der Waals surface area (Å²) in [5.74, 6) is 0.405. The Morgan fingerprint density at radius 3 is 2.11 bits per heavy atom. The highest BCUT2D eigenvalue weighted by Gasteiger charge is 1.99. The van der Waals surface area contributed by atoms with Gasteiger partial charge in [0.2, 0.25) is 0 Å². The Labute approximate surface area is 177 Å². The lowest BCUT2D eigenvalue weighted by atomic mass is 10.1. The van der Waals surface area contributed by atoms with E-state index in [1.165, 1.54) is 5.56 Å². The van der Waals surface area contributed by atoms with Gasteiger partial charge >= 0.3 is 0 Å². The Kier molecular flexibility index (Phi) is 8.80. The number of aliphatic imine (C=N–C) groups is 1. The van der Waals surface area contributed by atoms with Crippen molar-refractivity contribution in [1.29, 1.82) is 0 Å². The number of halogens is 1. The van der Waals surface area contributed by atoms with Crippen LogP contribution in [-0.4, -0.2) is 5.96 Å². The van der Waals surface area contributed by atoms with Crippen LogP contribution in [0.1, 0.15) is 16.7 Å². The fourth-order valence-electron chi connectivity index (χ4n) is 2.56. The number of anilines is 1. The predicted molar refractivity (Wildman–Crippen MR) is 122 cm³/mol. The van der Waals surface area contributed by atoms with Gasteiger partial charge in [0, 0.05) is 5.69 Å². The van der Waals surface area contributed by atoms with Gasteiger partial charge in [-0.2, -0.15) is 0 Å². The molecule has 27 heavy (non-hydrogen) atoms. The van der Waals surface area contributed by atoms with E-state index in [2.05, 4.69) is 34.6 Å². The van der Waals surface area contributed by atoms with Gasteiger partial charge < -0.3 is 15.8 Å². The smallest absolute Gasteiger partial charge is 0.193 e. The van der Waals surface area contributed by atoms with Crippen LogP contribution in [0.25, 0.3) is 0 Å². The molecule has 3 N–H and O–H groups in total. The second-order valence-electron chi connectivity index (χ2n) is 5.99. The summed E-state index contributed by atoms with van der Waals surface area (Å²) in [6.45, 7) is 1.71. The molecule has 4 nitrogen and oxygen atoms in total. The highest BCUT2D eigenvalue weighted by molar-refractivity contribution is 14.0. The summed E-state index contributed by atoms with van der Waals surface area (Å²) < 4.78 is 5.79. The molecule has 3 aromatic rings. The Morgan fingerprint density at radius 1 is 0.778 bits per heavy atom. The highest BCUT2D eigenvalue weighted by Crippen LogP contribution is 2.10. The maximum absolute atomic E-state index is 5.95. The quantitative estimate of drug-likeness (QED) is 0.290. The molecule has 140 valence electrons. The van der Waals surface area contributed by atoms with Gasteiger partial charge in [-0.1, -0.05) is 72.8 Å². The van der Waals surface area contributed by atoms with Gasteiger partial charge in [0.05, 0.1) is 19.8 Å². The molecular weight excluding hydrogens is 449 g/mol. The SMILES string of the molecule is I.NC(=NCc1cccc(COCc2ccccc2)c1)Nc1ccccc1. The molecule has 0 saturated carbocycles. The number of benzene rings is 3. The van der Waals surface area contributed by atoms with Crippen LogP contribution in [0.15, 0.2) is 89.9 Å². The third-order valence-corrected chi connectivity index (χ3v) is 3.85. The van der Waals surface area contributed by atoms with Gasteiger partial charge in [-0.15, -0.1) is 24.0 Å². The monoisotopic (exact) mass is 473 g/mol. The van der Waals surface area contributed by atoms with Crippen molar-refractivity contribution in [2.75, 3.05) is 5.32 Å². The fraction of sp³-hybridized carbons (Fsp3) is 0.136. The molecule has 5 heteroatoms. The third kappa shape index (κ3) is 7.40. The number of guanidine groups is 1. The fourth-order valence-corrected chi connectivity index (χ4v) is 2.56. The number of nitrogens with one attached hydrogen (secondary N) is 1. The minimum Gasteiger partial charge on any atom is -0.372 e. The minimum absolute atomic E-state index is 0. The van der Waals surface area contributed by atoms with E-state index in [0.717, 1.165) is 16.8 Å². The molecule has 0 aliphatic heterocycles. The van der Waals surface area contributed by atoms with Crippen LogP contribution in [-0.2, 0) is 24.5 Å². The van der Waals surface area contributed by atoms with Gasteiger partial charge in [-0.05, 0) is 28.8 Å². The molecule has 0 aromatic heterocycles. The highest BCUT2D eigenvalue weighted by atomic mass is 127. The molecule has 3 aromatic carbocycles. The summed E-state index contributed by atoms with van der Waals surface area (Å²) >= 11 is 0. The third-order valence-electron chi connectivity index (χ3n) is 3.85. The molecule has 0 bridgehead atoms. The van der Waals surface area contributed by atoms with Crippen LogP contribution in [0, 0.1) is 0 Å². The number of nitrogens with zero attached hydrogens (tertiary/aromatic N) is 1. The van der Waals surface area contributed by atoms with Crippen LogP contribution in [0.5, 0.6) is 0 Å². The minimum atomic E-state index is 0. The van der Waals surface area contributed by atoms with E-state index in [1.54, 1.807) is 0 Å². The van der Waals surface area contributed by atoms with E-state index in [1.807, 2.05) is 60.7 Å². The first kappa shape index (κ1) is 20.9. The lowest BCUT2D eigenvalue weighted by molar-refractivity contribution is 0.107. The maximum atomic E-state index is 5.95. The van der Waals surface area contributed by atoms with E-state index >= 15 is 0 Å². The molecule has 3 rings (SSSR count). The molecule has 0 heterocycles. The molecular formula is C22H24IN3O. The summed E-state index contributed by atoms with van der Waals surface area (Å²) in [6.07, 6.45) is 0. The Bertz CT molecular complexity index is 838. The van der Waals surface area contributed by atoms with E-state index in [9.17, 15) is 0 Å². The maximum Gasteiger partial charge on any atom is 0.193 e. The topological polar surface area (TPSA) is 59.6 Å². The molecule has 0 unspecified atom stereocenters. The van der Waals surface area contributed by atoms with Crippen molar-refractivity contribution in [1.82, 2.24) is 0 Å². The first-order chi connectivity index (χ1) is 12.8. The summed E-state index contributed by atoms with van der Waals surface area (Å²) in [5, 5.41) is 3.08. The van der Waals surface area contributed by atoms with Crippen LogP contribution in [0.3, 0.4) is 0 Å². The second-order valence-corrected chi connectivity index (χ2v) is 5.99. The number of ether oxygens (including phenoxy) is 1. The van der Waals surface area contributed by atoms with Crippen LogP contribution in [0.2, 0.25) is 0 Å². The number of hydrogen-bond acceptors (Lipinski definition) is 2. The first-order valence-electron chi connectivity index (χ1n) is 8.61. The molecule has 0 aliphatic carbocycles. The zero-order valence-corrected chi connectivity index (χ0v) is 17.4. The zero-order chi connectivity index (χ0) is 18.0. The van der Waals surface area contributed by atoms with Crippen LogP contribution in [0.4, 0.5) is 5.69 Å². The van der Waals surface area contributed by atoms with Crippen LogP contribution >= 0.6 is 24.0 Å². The number of hydrogen-bond donors (Lipinski definition) is 2. The standard InChI is InChI=1S/C22H23N3O.HI/c23-22(25-21-12-5-2-6-13-21)24-15-19-10-7-11-20(14-19)17-26-16-18-8-3-1-4-9-18;/h1-14H,15-17H2,(H3,23,24,25);1H. The Hall–Kier alpha value is -2.38. The van der Waals surface area contributed by atoms with Crippen molar-refractivity contribution in [3.8, 4) is 0 Å². The summed E-state index contributed by atoms with van der Waals surface area (Å²) in [5.41, 5.74) is 10.3. The molecule has 0 fully saturated rings. The second kappa shape index (κ2) is 11.4. The molecule has 0 radical (unpaired) electrons. The molecule has 0 saturated heterocycles. The Morgan fingerprint density at radius 2 is 1.37 bits per heavy atom. The average Bonchev–Trinajstić information content (AvgIpc) is 2.68. The summed E-state index contributed by atoms with van der Waals surface area (Å²) in [6, 6.07) is 28.2. The predicted octanol–water partition coefficient (Wildman–Crippen LogP) is 4.95. The van der Waals surface area contributed by atoms with Crippen molar-refractivity contribution in [2.45, 2.75) is 19.8 Å². The van der Waals surface area contributed by atoms with Gasteiger partial charge in [0.25, 0.3) is 0 Å². The van der Waals surface area contributed by atoms with Crippen LogP contribution < -0.4 is 11.1 Å². The van der Waals surface area contributed by atoms with Gasteiger partial charge in [-0.3, -0.25) is 0 Å². The average molecular weight is 473 g/mol.